The van der Waals surface area contributed by atoms with E-state index in [2.05, 4.69) is 15.3 Å². The molecule has 0 spiro atoms. The summed E-state index contributed by atoms with van der Waals surface area (Å²) in [4.78, 5) is 22.5. The van der Waals surface area contributed by atoms with Crippen LogP contribution in [0.25, 0.3) is 0 Å². The molecule has 0 atom stereocenters. The highest BCUT2D eigenvalue weighted by Crippen LogP contribution is 2.33. The lowest BCUT2D eigenvalue weighted by Gasteiger charge is -2.29. The van der Waals surface area contributed by atoms with Crippen molar-refractivity contribution in [2.24, 2.45) is 0 Å². The van der Waals surface area contributed by atoms with E-state index in [9.17, 15) is 4.79 Å². The van der Waals surface area contributed by atoms with Gasteiger partial charge >= 0.3 is 6.03 Å². The predicted octanol–water partition coefficient (Wildman–Crippen LogP) is 3.41. The van der Waals surface area contributed by atoms with Crippen LogP contribution < -0.4 is 20.5 Å². The lowest BCUT2D eigenvalue weighted by Crippen LogP contribution is -2.38. The minimum atomic E-state index is -0.206. The summed E-state index contributed by atoms with van der Waals surface area (Å²) in [5.74, 6) is 2.85. The highest BCUT2D eigenvalue weighted by Gasteiger charge is 2.26. The van der Waals surface area contributed by atoms with Crippen molar-refractivity contribution in [2.75, 3.05) is 18.2 Å². The molecule has 4 rings (SSSR count). The molecule has 142 valence electrons. The number of carbonyl (C=O) groups excluding carboxylic acids is 1. The van der Waals surface area contributed by atoms with E-state index in [1.165, 1.54) is 0 Å². The molecule has 8 heteroatoms. The van der Waals surface area contributed by atoms with Gasteiger partial charge in [0.1, 0.15) is 28.9 Å². The van der Waals surface area contributed by atoms with Crippen LogP contribution >= 0.6 is 0 Å². The van der Waals surface area contributed by atoms with Crippen LogP contribution in [0.2, 0.25) is 0 Å². The van der Waals surface area contributed by atoms with Gasteiger partial charge in [-0.2, -0.15) is 0 Å². The van der Waals surface area contributed by atoms with Crippen LogP contribution in [0.3, 0.4) is 0 Å². The second-order valence-electron chi connectivity index (χ2n) is 6.29. The van der Waals surface area contributed by atoms with E-state index in [1.54, 1.807) is 42.6 Å². The number of benzene rings is 1. The summed E-state index contributed by atoms with van der Waals surface area (Å²) < 4.78 is 11.1. The largest absolute Gasteiger partial charge is 0.497 e. The number of ether oxygens (including phenoxy) is 2. The number of methoxy groups -OCH3 is 1. The molecule has 1 aliphatic rings. The third kappa shape index (κ3) is 3.66. The fraction of sp³-hybridized carbons (Fsp3) is 0.150. The molecule has 0 bridgehead atoms. The molecule has 1 aliphatic heterocycles. The topological polar surface area (TPSA) is 103 Å². The summed E-state index contributed by atoms with van der Waals surface area (Å²) in [5, 5.41) is 2.82. The van der Waals surface area contributed by atoms with E-state index in [4.69, 9.17) is 15.2 Å². The van der Waals surface area contributed by atoms with Crippen molar-refractivity contribution in [3.8, 4) is 17.2 Å². The fourth-order valence-electron chi connectivity index (χ4n) is 2.93. The monoisotopic (exact) mass is 377 g/mol. The zero-order chi connectivity index (χ0) is 19.5. The van der Waals surface area contributed by atoms with Crippen LogP contribution in [0.1, 0.15) is 11.1 Å². The molecule has 2 aromatic heterocycles. The second kappa shape index (κ2) is 7.43. The average molecular weight is 377 g/mol. The number of amides is 2. The Bertz CT molecular complexity index is 990. The first kappa shape index (κ1) is 17.6. The predicted molar refractivity (Wildman–Crippen MR) is 104 cm³/mol. The van der Waals surface area contributed by atoms with E-state index in [-0.39, 0.29) is 6.03 Å². The number of nitrogens with two attached hydrogens (primary N) is 1. The van der Waals surface area contributed by atoms with Crippen LogP contribution in [0, 0.1) is 0 Å². The summed E-state index contributed by atoms with van der Waals surface area (Å²) in [6.07, 6.45) is 3.15. The highest BCUT2D eigenvalue weighted by molar-refractivity contribution is 5.91. The van der Waals surface area contributed by atoms with Crippen molar-refractivity contribution >= 4 is 17.7 Å². The number of nitrogens with zero attached hydrogens (tertiary/aromatic N) is 3. The summed E-state index contributed by atoms with van der Waals surface area (Å²) in [5.41, 5.74) is 7.41. The maximum Gasteiger partial charge on any atom is 0.323 e. The molecule has 8 nitrogen and oxygen atoms in total. The lowest BCUT2D eigenvalue weighted by atomic mass is 10.1. The van der Waals surface area contributed by atoms with Crippen molar-refractivity contribution in [1.82, 2.24) is 14.9 Å². The van der Waals surface area contributed by atoms with Crippen molar-refractivity contribution in [3.05, 3.63) is 66.0 Å². The van der Waals surface area contributed by atoms with Crippen LogP contribution in [0.15, 0.2) is 54.9 Å². The first-order chi connectivity index (χ1) is 13.6. The Morgan fingerprint density at radius 1 is 1.11 bits per heavy atom. The molecule has 0 saturated carbocycles. The first-order valence-electron chi connectivity index (χ1n) is 8.68. The molecule has 2 amide bonds. The van der Waals surface area contributed by atoms with Crippen molar-refractivity contribution < 1.29 is 14.3 Å². The van der Waals surface area contributed by atoms with Gasteiger partial charge in [-0.05, 0) is 35.9 Å². The molecule has 1 aromatic carbocycles. The van der Waals surface area contributed by atoms with Crippen LogP contribution in [0.5, 0.6) is 17.2 Å². The van der Waals surface area contributed by atoms with E-state index < -0.39 is 0 Å². The molecule has 28 heavy (non-hydrogen) atoms. The summed E-state index contributed by atoms with van der Waals surface area (Å²) >= 11 is 0. The minimum absolute atomic E-state index is 0.206. The van der Waals surface area contributed by atoms with E-state index >= 15 is 0 Å². The molecule has 3 N–H and O–H groups in total. The van der Waals surface area contributed by atoms with Gasteiger partial charge in [-0.25, -0.2) is 14.8 Å². The molecule has 0 aliphatic carbocycles. The summed E-state index contributed by atoms with van der Waals surface area (Å²) in [6, 6.07) is 12.6. The number of nitrogens with one attached hydrogen (secondary N) is 1. The van der Waals surface area contributed by atoms with Gasteiger partial charge in [-0.3, -0.25) is 5.32 Å². The first-order valence-corrected chi connectivity index (χ1v) is 8.68. The zero-order valence-electron chi connectivity index (χ0n) is 15.3. The van der Waals surface area contributed by atoms with Gasteiger partial charge in [-0.1, -0.05) is 12.1 Å². The van der Waals surface area contributed by atoms with Crippen LogP contribution in [-0.4, -0.2) is 28.0 Å². The van der Waals surface area contributed by atoms with Gasteiger partial charge in [-0.15, -0.1) is 0 Å². The van der Waals surface area contributed by atoms with E-state index in [1.807, 2.05) is 24.3 Å². The Morgan fingerprint density at radius 3 is 2.61 bits per heavy atom. The zero-order valence-corrected chi connectivity index (χ0v) is 15.3. The molecule has 0 radical (unpaired) electrons. The Kier molecular flexibility index (Phi) is 4.67. The summed E-state index contributed by atoms with van der Waals surface area (Å²) in [7, 11) is 1.62. The Balaban J connectivity index is 1.56. The number of nitrogen functional groups attached to an aromatic ring is 1. The third-order valence-electron chi connectivity index (χ3n) is 4.39. The van der Waals surface area contributed by atoms with Gasteiger partial charge < -0.3 is 20.1 Å². The lowest BCUT2D eigenvalue weighted by molar-refractivity contribution is 0.203. The number of pyridine rings is 2. The van der Waals surface area contributed by atoms with Gasteiger partial charge in [0, 0.05) is 12.7 Å². The minimum Gasteiger partial charge on any atom is -0.497 e. The number of hydrogen-bond donors (Lipinski definition) is 2. The fourth-order valence-corrected chi connectivity index (χ4v) is 2.93. The number of anilines is 2. The Labute approximate surface area is 161 Å². The van der Waals surface area contributed by atoms with Gasteiger partial charge in [0.05, 0.1) is 25.4 Å². The van der Waals surface area contributed by atoms with E-state index in [0.717, 1.165) is 16.9 Å². The molecule has 0 unspecified atom stereocenters. The molecule has 3 aromatic rings. The number of fused-ring (bicyclic) bond motifs is 1. The molecular formula is C20H19N5O3. The quantitative estimate of drug-likeness (QED) is 0.706. The number of hydrogen-bond acceptors (Lipinski definition) is 6. The highest BCUT2D eigenvalue weighted by atomic mass is 16.5. The van der Waals surface area contributed by atoms with Gasteiger partial charge in [0.15, 0.2) is 0 Å². The number of aromatic nitrogens is 2. The standard InChI is InChI=1S/C20H19N5O3/c1-27-14-4-2-13(3-5-14)11-25-12-16-17(8-9-22-19(16)24-20(25)26)28-15-6-7-18(21)23-10-15/h2-10H,11-12H2,1H3,(H2,21,23)(H,22,24,26). The number of rotatable bonds is 5. The average Bonchev–Trinajstić information content (AvgIpc) is 2.71. The maximum atomic E-state index is 12.5. The second-order valence-corrected chi connectivity index (χ2v) is 6.29. The maximum absolute atomic E-state index is 12.5. The molecule has 0 saturated heterocycles. The van der Waals surface area contributed by atoms with Gasteiger partial charge in [0.25, 0.3) is 0 Å². The van der Waals surface area contributed by atoms with Crippen molar-refractivity contribution in [1.29, 1.82) is 0 Å². The molecule has 0 fully saturated rings. The molecular weight excluding hydrogens is 358 g/mol. The summed E-state index contributed by atoms with van der Waals surface area (Å²) in [6.45, 7) is 0.825. The smallest absolute Gasteiger partial charge is 0.323 e. The number of carbonyl (C=O) groups is 1. The van der Waals surface area contributed by atoms with Crippen LogP contribution in [0.4, 0.5) is 16.4 Å². The van der Waals surface area contributed by atoms with Gasteiger partial charge in [0.2, 0.25) is 0 Å². The van der Waals surface area contributed by atoms with Crippen LogP contribution in [-0.2, 0) is 13.1 Å². The Morgan fingerprint density at radius 2 is 1.89 bits per heavy atom. The van der Waals surface area contributed by atoms with Crippen molar-refractivity contribution in [2.45, 2.75) is 13.1 Å². The third-order valence-corrected chi connectivity index (χ3v) is 4.39. The number of urea groups is 1. The molecule has 3 heterocycles. The van der Waals surface area contributed by atoms with Crippen molar-refractivity contribution in [3.63, 3.8) is 0 Å². The Hall–Kier alpha value is -3.81. The normalized spacial score (nSPS) is 12.9. The SMILES string of the molecule is COc1ccc(CN2Cc3c(Oc4ccc(N)nc4)ccnc3NC2=O)cc1. The van der Waals surface area contributed by atoms with E-state index in [0.29, 0.717) is 36.2 Å².